The Bertz CT molecular complexity index is 621. The van der Waals surface area contributed by atoms with E-state index in [9.17, 15) is 4.79 Å². The van der Waals surface area contributed by atoms with Crippen LogP contribution in [0.25, 0.3) is 0 Å². The van der Waals surface area contributed by atoms with Gasteiger partial charge in [0, 0.05) is 20.1 Å². The van der Waals surface area contributed by atoms with E-state index in [0.29, 0.717) is 0 Å². The largest absolute Gasteiger partial charge is 0.467 e. The summed E-state index contributed by atoms with van der Waals surface area (Å²) in [6, 6.07) is 13.3. The SMILES string of the molecule is CN(CCN1CCCC1)C(=O)N[C@@H](c1ccccc1)c1ccco1. The lowest BCUT2D eigenvalue weighted by Crippen LogP contribution is -2.42. The highest BCUT2D eigenvalue weighted by molar-refractivity contribution is 5.74. The van der Waals surface area contributed by atoms with Gasteiger partial charge in [0.1, 0.15) is 11.8 Å². The Kier molecular flexibility index (Phi) is 5.54. The first kappa shape index (κ1) is 16.6. The summed E-state index contributed by atoms with van der Waals surface area (Å²) in [4.78, 5) is 16.7. The van der Waals surface area contributed by atoms with Crippen LogP contribution >= 0.6 is 0 Å². The Morgan fingerprint density at radius 3 is 2.62 bits per heavy atom. The molecule has 2 heterocycles. The summed E-state index contributed by atoms with van der Waals surface area (Å²) in [6.07, 6.45) is 4.17. The third-order valence-corrected chi connectivity index (χ3v) is 4.53. The van der Waals surface area contributed by atoms with Crippen LogP contribution in [0.2, 0.25) is 0 Å². The van der Waals surface area contributed by atoms with E-state index in [1.807, 2.05) is 49.5 Å². The average Bonchev–Trinajstić information content (AvgIpc) is 3.31. The second-order valence-electron chi connectivity index (χ2n) is 6.28. The van der Waals surface area contributed by atoms with Gasteiger partial charge in [-0.3, -0.25) is 0 Å². The normalized spacial score (nSPS) is 16.0. The van der Waals surface area contributed by atoms with Gasteiger partial charge in [0.25, 0.3) is 0 Å². The zero-order valence-electron chi connectivity index (χ0n) is 14.1. The number of carbonyl (C=O) groups is 1. The maximum atomic E-state index is 12.6. The molecule has 128 valence electrons. The molecule has 1 aliphatic heterocycles. The van der Waals surface area contributed by atoms with Crippen LogP contribution in [0.15, 0.2) is 53.1 Å². The third-order valence-electron chi connectivity index (χ3n) is 4.53. The highest BCUT2D eigenvalue weighted by Gasteiger charge is 2.21. The molecule has 0 radical (unpaired) electrons. The summed E-state index contributed by atoms with van der Waals surface area (Å²) < 4.78 is 5.53. The highest BCUT2D eigenvalue weighted by Crippen LogP contribution is 2.22. The van der Waals surface area contributed by atoms with E-state index in [1.54, 1.807) is 11.2 Å². The fourth-order valence-electron chi connectivity index (χ4n) is 3.05. The van der Waals surface area contributed by atoms with Gasteiger partial charge >= 0.3 is 6.03 Å². The first-order valence-corrected chi connectivity index (χ1v) is 8.56. The van der Waals surface area contributed by atoms with E-state index in [0.717, 1.165) is 37.5 Å². The van der Waals surface area contributed by atoms with Crippen molar-refractivity contribution < 1.29 is 9.21 Å². The van der Waals surface area contributed by atoms with Crippen LogP contribution in [0.5, 0.6) is 0 Å². The summed E-state index contributed by atoms with van der Waals surface area (Å²) in [6.45, 7) is 3.95. The molecular weight excluding hydrogens is 302 g/mol. The van der Waals surface area contributed by atoms with Gasteiger partial charge in [-0.1, -0.05) is 30.3 Å². The zero-order chi connectivity index (χ0) is 16.8. The molecule has 0 spiro atoms. The fraction of sp³-hybridized carbons (Fsp3) is 0.421. The zero-order valence-corrected chi connectivity index (χ0v) is 14.1. The van der Waals surface area contributed by atoms with Crippen LogP contribution in [-0.4, -0.2) is 49.1 Å². The number of urea groups is 1. The van der Waals surface area contributed by atoms with Crippen LogP contribution in [0.4, 0.5) is 4.79 Å². The standard InChI is InChI=1S/C19H25N3O2/c1-21(13-14-22-11-5-6-12-22)19(23)20-18(17-10-7-15-24-17)16-8-3-2-4-9-16/h2-4,7-10,15,18H,5-6,11-14H2,1H3,(H,20,23)/t18-/m0/s1. The number of likely N-dealkylation sites (N-methyl/N-ethyl adjacent to an activating group) is 1. The number of rotatable bonds is 6. The van der Waals surface area contributed by atoms with Crippen molar-refractivity contribution in [1.29, 1.82) is 0 Å². The number of carbonyl (C=O) groups excluding carboxylic acids is 1. The molecule has 2 aromatic rings. The number of furan rings is 1. The van der Waals surface area contributed by atoms with Crippen molar-refractivity contribution in [1.82, 2.24) is 15.1 Å². The van der Waals surface area contributed by atoms with E-state index in [-0.39, 0.29) is 12.1 Å². The van der Waals surface area contributed by atoms with Crippen LogP contribution in [0, 0.1) is 0 Å². The summed E-state index contributed by atoms with van der Waals surface area (Å²) in [5.41, 5.74) is 1.01. The second kappa shape index (κ2) is 8.02. The number of nitrogens with zero attached hydrogens (tertiary/aromatic N) is 2. The van der Waals surface area contributed by atoms with E-state index >= 15 is 0 Å². The molecular formula is C19H25N3O2. The number of hydrogen-bond acceptors (Lipinski definition) is 3. The molecule has 1 aliphatic rings. The minimum absolute atomic E-state index is 0.0838. The first-order chi connectivity index (χ1) is 11.7. The van der Waals surface area contributed by atoms with Crippen LogP contribution in [0.1, 0.15) is 30.2 Å². The van der Waals surface area contributed by atoms with E-state index in [1.165, 1.54) is 12.8 Å². The van der Waals surface area contributed by atoms with Crippen molar-refractivity contribution in [3.05, 3.63) is 60.1 Å². The molecule has 2 amide bonds. The van der Waals surface area contributed by atoms with Gasteiger partial charge in [0.2, 0.25) is 0 Å². The minimum atomic E-state index is -0.275. The van der Waals surface area contributed by atoms with Gasteiger partial charge in [-0.25, -0.2) is 4.79 Å². The smallest absolute Gasteiger partial charge is 0.318 e. The molecule has 1 aromatic carbocycles. The fourth-order valence-corrected chi connectivity index (χ4v) is 3.05. The van der Waals surface area contributed by atoms with Crippen molar-refractivity contribution in [2.45, 2.75) is 18.9 Å². The van der Waals surface area contributed by atoms with Crippen LogP contribution in [0.3, 0.4) is 0 Å². The van der Waals surface area contributed by atoms with Gasteiger partial charge < -0.3 is 19.5 Å². The lowest BCUT2D eigenvalue weighted by Gasteiger charge is -2.24. The predicted octanol–water partition coefficient (Wildman–Crippen LogP) is 3.11. The number of benzene rings is 1. The summed E-state index contributed by atoms with van der Waals surface area (Å²) in [5, 5.41) is 3.09. The number of nitrogens with one attached hydrogen (secondary N) is 1. The summed E-state index contributed by atoms with van der Waals surface area (Å²) >= 11 is 0. The Morgan fingerprint density at radius 2 is 1.96 bits per heavy atom. The van der Waals surface area contributed by atoms with Gasteiger partial charge in [-0.05, 0) is 43.6 Å². The Balaban J connectivity index is 1.62. The summed E-state index contributed by atoms with van der Waals surface area (Å²) in [7, 11) is 1.84. The summed E-state index contributed by atoms with van der Waals surface area (Å²) in [5.74, 6) is 0.738. The van der Waals surface area contributed by atoms with E-state index < -0.39 is 0 Å². The molecule has 1 fully saturated rings. The van der Waals surface area contributed by atoms with E-state index in [4.69, 9.17) is 4.42 Å². The number of likely N-dealkylation sites (tertiary alicyclic amines) is 1. The highest BCUT2D eigenvalue weighted by atomic mass is 16.3. The van der Waals surface area contributed by atoms with Gasteiger partial charge in [-0.15, -0.1) is 0 Å². The molecule has 1 saturated heterocycles. The molecule has 0 unspecified atom stereocenters. The Morgan fingerprint density at radius 1 is 1.21 bits per heavy atom. The molecule has 5 nitrogen and oxygen atoms in total. The van der Waals surface area contributed by atoms with Crippen LogP contribution < -0.4 is 5.32 Å². The van der Waals surface area contributed by atoms with Crippen molar-refractivity contribution in [2.24, 2.45) is 0 Å². The van der Waals surface area contributed by atoms with Crippen molar-refractivity contribution in [3.63, 3.8) is 0 Å². The quantitative estimate of drug-likeness (QED) is 0.887. The minimum Gasteiger partial charge on any atom is -0.467 e. The molecule has 1 aromatic heterocycles. The molecule has 24 heavy (non-hydrogen) atoms. The van der Waals surface area contributed by atoms with Gasteiger partial charge in [0.15, 0.2) is 0 Å². The monoisotopic (exact) mass is 327 g/mol. The van der Waals surface area contributed by atoms with Crippen molar-refractivity contribution >= 4 is 6.03 Å². The Hall–Kier alpha value is -2.27. The molecule has 3 rings (SSSR count). The maximum Gasteiger partial charge on any atom is 0.318 e. The third kappa shape index (κ3) is 4.17. The van der Waals surface area contributed by atoms with Crippen molar-refractivity contribution in [2.75, 3.05) is 33.2 Å². The van der Waals surface area contributed by atoms with Gasteiger partial charge in [-0.2, -0.15) is 0 Å². The number of amides is 2. The lowest BCUT2D eigenvalue weighted by atomic mass is 10.0. The average molecular weight is 327 g/mol. The molecule has 1 N–H and O–H groups in total. The molecule has 0 aliphatic carbocycles. The molecule has 0 saturated carbocycles. The Labute approximate surface area is 143 Å². The predicted molar refractivity (Wildman–Crippen MR) is 93.8 cm³/mol. The topological polar surface area (TPSA) is 48.7 Å². The first-order valence-electron chi connectivity index (χ1n) is 8.56. The lowest BCUT2D eigenvalue weighted by molar-refractivity contribution is 0.197. The maximum absolute atomic E-state index is 12.6. The van der Waals surface area contributed by atoms with E-state index in [2.05, 4.69) is 10.2 Å². The molecule has 1 atom stereocenters. The number of hydrogen-bond donors (Lipinski definition) is 1. The second-order valence-corrected chi connectivity index (χ2v) is 6.28. The van der Waals surface area contributed by atoms with Gasteiger partial charge in [0.05, 0.1) is 6.26 Å². The molecule has 0 bridgehead atoms. The van der Waals surface area contributed by atoms with Crippen molar-refractivity contribution in [3.8, 4) is 0 Å². The molecule has 5 heteroatoms. The van der Waals surface area contributed by atoms with Crippen LogP contribution in [-0.2, 0) is 0 Å².